The zero-order valence-corrected chi connectivity index (χ0v) is 5.13. The highest BCUT2D eigenvalue weighted by Gasteiger charge is 1.39. The molecule has 0 amide bonds. The van der Waals surface area contributed by atoms with Gasteiger partial charge in [0.25, 0.3) is 0 Å². The van der Waals surface area contributed by atoms with E-state index >= 15 is 0 Å². The second-order valence-corrected chi connectivity index (χ2v) is 4.41. The molecule has 0 nitrogen and oxygen atoms in total. The molecule has 0 atom stereocenters. The standard InChI is InChI=1S/6CH4.P2S2/c;;;;;;3-1-2-4/h6*1H4;. The first-order chi connectivity index (χ1) is 1.91. The van der Waals surface area contributed by atoms with E-state index in [0.29, 0.717) is 0 Å². The molecule has 0 aromatic carbocycles. The molecule has 0 N–H and O–H groups in total. The van der Waals surface area contributed by atoms with E-state index in [0.717, 1.165) is 14.1 Å². The van der Waals surface area contributed by atoms with E-state index < -0.39 is 0 Å². The van der Waals surface area contributed by atoms with Crippen molar-refractivity contribution in [1.82, 2.24) is 0 Å². The van der Waals surface area contributed by atoms with Gasteiger partial charge >= 0.3 is 0 Å². The van der Waals surface area contributed by atoms with Crippen molar-refractivity contribution in [3.8, 4) is 0 Å². The maximum atomic E-state index is 4.41. The molecule has 4 heteroatoms. The first-order valence-electron chi connectivity index (χ1n) is 0.565. The summed E-state index contributed by atoms with van der Waals surface area (Å²) in [5, 5.41) is 0. The summed E-state index contributed by atoms with van der Waals surface area (Å²) in [7, 11) is 1.74. The van der Waals surface area contributed by atoms with Crippen LogP contribution in [0.3, 0.4) is 0 Å². The van der Waals surface area contributed by atoms with Gasteiger partial charge in [0.1, 0.15) is 0 Å². The zero-order valence-electron chi connectivity index (χ0n) is 1.71. The molecule has 10 heavy (non-hydrogen) atoms. The highest BCUT2D eigenvalue weighted by Crippen LogP contribution is 2.10. The molecule has 0 aromatic rings. The minimum absolute atomic E-state index is 0. The monoisotopic (exact) mass is 222 g/mol. The minimum atomic E-state index is 0. The topological polar surface area (TPSA) is 0 Å². The summed E-state index contributed by atoms with van der Waals surface area (Å²) in [4.78, 5) is 0. The average Bonchev–Trinajstić information content (AvgIpc) is 1.37. The van der Waals surface area contributed by atoms with Crippen molar-refractivity contribution in [1.29, 1.82) is 0 Å². The molecular weight excluding hydrogens is 198 g/mol. The smallest absolute Gasteiger partial charge is 0.0464 e. The van der Waals surface area contributed by atoms with Crippen LogP contribution in [0, 0.1) is 0 Å². The second kappa shape index (κ2) is 88.8. The molecule has 0 rings (SSSR count). The van der Waals surface area contributed by atoms with E-state index in [4.69, 9.17) is 0 Å². The number of hydrogen-bond donors (Lipinski definition) is 0. The van der Waals surface area contributed by atoms with Gasteiger partial charge in [-0.25, -0.2) is 0 Å². The molecule has 0 aliphatic rings. The lowest BCUT2D eigenvalue weighted by Crippen LogP contribution is -0.780. The lowest BCUT2D eigenvalue weighted by atomic mass is 12.0. The molecule has 0 spiro atoms. The highest BCUT2D eigenvalue weighted by molar-refractivity contribution is 8.40. The fourth-order valence-corrected chi connectivity index (χ4v) is 0. The van der Waals surface area contributed by atoms with Crippen LogP contribution in [0.5, 0.6) is 0 Å². The Morgan fingerprint density at radius 3 is 0.600 bits per heavy atom. The van der Waals surface area contributed by atoms with Gasteiger partial charge in [0.05, 0.1) is 0 Å². The van der Waals surface area contributed by atoms with E-state index in [1.165, 1.54) is 0 Å². The minimum Gasteiger partial charge on any atom is -0.0776 e. The zero-order chi connectivity index (χ0) is 3.41. The van der Waals surface area contributed by atoms with Crippen LogP contribution >= 0.6 is 14.1 Å². The Kier molecular flexibility index (Phi) is 605. The Balaban J connectivity index is -0.00000000300. The van der Waals surface area contributed by atoms with E-state index in [9.17, 15) is 0 Å². The first kappa shape index (κ1) is 68.2. The summed E-state index contributed by atoms with van der Waals surface area (Å²) in [5.41, 5.74) is 0. The molecule has 0 unspecified atom stereocenters. The summed E-state index contributed by atoms with van der Waals surface area (Å²) >= 11 is 8.82. The molecule has 0 fully saturated rings. The van der Waals surface area contributed by atoms with Crippen LogP contribution in [0.2, 0.25) is 0 Å². The van der Waals surface area contributed by atoms with E-state index in [1.807, 2.05) is 0 Å². The van der Waals surface area contributed by atoms with Gasteiger partial charge in [-0.1, -0.05) is 44.6 Å². The Hall–Kier alpha value is 1.04. The van der Waals surface area contributed by atoms with Crippen molar-refractivity contribution < 1.29 is 0 Å². The predicted octanol–water partition coefficient (Wildman–Crippen LogP) is 5.53. The molecular formula is C6H24P2S2. The molecule has 0 aliphatic carbocycles. The molecule has 70 valence electrons. The van der Waals surface area contributed by atoms with Gasteiger partial charge < -0.3 is 0 Å². The maximum Gasteiger partial charge on any atom is 0.0464 e. The molecule has 0 heterocycles. The lowest BCUT2D eigenvalue weighted by Gasteiger charge is -1.34. The van der Waals surface area contributed by atoms with Crippen LogP contribution in [-0.2, 0) is 23.6 Å². The Morgan fingerprint density at radius 1 is 0.500 bits per heavy atom. The van der Waals surface area contributed by atoms with Crippen LogP contribution in [0.4, 0.5) is 0 Å². The molecule has 0 aromatic heterocycles. The van der Waals surface area contributed by atoms with E-state index in [2.05, 4.69) is 23.6 Å². The Morgan fingerprint density at radius 2 is 0.600 bits per heavy atom. The largest absolute Gasteiger partial charge is 0.0776 e. The predicted molar refractivity (Wildman–Crippen MR) is 69.0 cm³/mol. The highest BCUT2D eigenvalue weighted by atomic mass is 32.7. The van der Waals surface area contributed by atoms with Crippen molar-refractivity contribution in [2.45, 2.75) is 44.6 Å². The summed E-state index contributed by atoms with van der Waals surface area (Å²) in [6, 6.07) is 0. The van der Waals surface area contributed by atoms with Crippen molar-refractivity contribution in [3.63, 3.8) is 0 Å². The molecule has 0 aliphatic heterocycles. The molecule has 0 saturated carbocycles. The van der Waals surface area contributed by atoms with Crippen LogP contribution < -0.4 is 0 Å². The summed E-state index contributed by atoms with van der Waals surface area (Å²) in [5.74, 6) is 0. The van der Waals surface area contributed by atoms with E-state index in [1.54, 1.807) is 0 Å². The molecule has 0 radical (unpaired) electrons. The van der Waals surface area contributed by atoms with Gasteiger partial charge in [0.15, 0.2) is 0 Å². The third kappa shape index (κ3) is 140. The summed E-state index contributed by atoms with van der Waals surface area (Å²) in [6.07, 6.45) is 0. The quantitative estimate of drug-likeness (QED) is 0.535. The van der Waals surface area contributed by atoms with Crippen LogP contribution in [-0.4, -0.2) is 0 Å². The summed E-state index contributed by atoms with van der Waals surface area (Å²) in [6.45, 7) is 0. The van der Waals surface area contributed by atoms with Crippen molar-refractivity contribution >= 4 is 37.7 Å². The maximum absolute atomic E-state index is 4.41. The fraction of sp³-hybridized carbons (Fsp3) is 1.00. The molecule has 0 saturated heterocycles. The van der Waals surface area contributed by atoms with Gasteiger partial charge in [-0.15, -0.1) is 0 Å². The lowest BCUT2D eigenvalue weighted by molar-refractivity contribution is 2.50. The van der Waals surface area contributed by atoms with Crippen LogP contribution in [0.15, 0.2) is 0 Å². The number of hydrogen-bond acceptors (Lipinski definition) is 2. The average molecular weight is 222 g/mol. The Bertz CT molecular complexity index is 34.7. The fourth-order valence-electron chi connectivity index (χ4n) is 0. The summed E-state index contributed by atoms with van der Waals surface area (Å²) < 4.78 is 0. The SMILES string of the molecule is C.C.C.C.C.C.S=PP=S. The van der Waals surface area contributed by atoms with Gasteiger partial charge in [-0.3, -0.25) is 0 Å². The number of rotatable bonds is 1. The second-order valence-electron chi connectivity index (χ2n) is 0.163. The van der Waals surface area contributed by atoms with Gasteiger partial charge in [0, 0.05) is 14.1 Å². The van der Waals surface area contributed by atoms with E-state index in [-0.39, 0.29) is 44.6 Å². The first-order valence-corrected chi connectivity index (χ1v) is 5.09. The van der Waals surface area contributed by atoms with Gasteiger partial charge in [-0.2, -0.15) is 0 Å². The van der Waals surface area contributed by atoms with Gasteiger partial charge in [-0.05, 0) is 23.6 Å². The normalized spacial score (nSPS) is 3.60. The van der Waals surface area contributed by atoms with Crippen molar-refractivity contribution in [3.05, 3.63) is 0 Å². The molecule has 0 bridgehead atoms. The Labute approximate surface area is 82.4 Å². The third-order valence-corrected chi connectivity index (χ3v) is 2.70. The van der Waals surface area contributed by atoms with Crippen LogP contribution in [0.1, 0.15) is 44.6 Å². The van der Waals surface area contributed by atoms with Gasteiger partial charge in [0.2, 0.25) is 0 Å². The third-order valence-electron chi connectivity index (χ3n) is 0.0333. The van der Waals surface area contributed by atoms with Crippen LogP contribution in [0.25, 0.3) is 0 Å². The van der Waals surface area contributed by atoms with Crippen molar-refractivity contribution in [2.75, 3.05) is 0 Å². The van der Waals surface area contributed by atoms with Crippen molar-refractivity contribution in [2.24, 2.45) is 0 Å².